The Balaban J connectivity index is 1.88. The molecule has 22 heavy (non-hydrogen) atoms. The normalized spacial score (nSPS) is 15.8. The highest BCUT2D eigenvalue weighted by Gasteiger charge is 2.13. The van der Waals surface area contributed by atoms with Gasteiger partial charge in [-0.25, -0.2) is 13.4 Å². The summed E-state index contributed by atoms with van der Waals surface area (Å²) in [6, 6.07) is 6.78. The standard InChI is InChI=1S/C16H19N3O2S/c1-22(20,21)14-7-5-13(6-8-14)15-11-17-12-16(18-15)19-9-3-2-4-10-19/h5-8,11-12H,2-4,9-10H2,1H3. The first-order valence-electron chi connectivity index (χ1n) is 7.41. The van der Waals surface area contributed by atoms with E-state index < -0.39 is 9.84 Å². The van der Waals surface area contributed by atoms with Crippen LogP contribution in [0.15, 0.2) is 41.6 Å². The quantitative estimate of drug-likeness (QED) is 0.870. The second kappa shape index (κ2) is 6.04. The third-order valence-electron chi connectivity index (χ3n) is 3.88. The Morgan fingerprint density at radius 2 is 1.68 bits per heavy atom. The lowest BCUT2D eigenvalue weighted by Crippen LogP contribution is -2.30. The Hall–Kier alpha value is -1.95. The van der Waals surface area contributed by atoms with E-state index in [0.29, 0.717) is 4.90 Å². The van der Waals surface area contributed by atoms with E-state index in [2.05, 4.69) is 14.9 Å². The topological polar surface area (TPSA) is 63.2 Å². The van der Waals surface area contributed by atoms with Crippen LogP contribution < -0.4 is 4.90 Å². The van der Waals surface area contributed by atoms with Gasteiger partial charge in [-0.3, -0.25) is 4.98 Å². The largest absolute Gasteiger partial charge is 0.355 e. The number of anilines is 1. The van der Waals surface area contributed by atoms with Crippen molar-refractivity contribution in [1.29, 1.82) is 0 Å². The Labute approximate surface area is 130 Å². The lowest BCUT2D eigenvalue weighted by molar-refractivity contribution is 0.573. The molecule has 0 N–H and O–H groups in total. The molecule has 0 radical (unpaired) electrons. The number of sulfone groups is 1. The smallest absolute Gasteiger partial charge is 0.175 e. The highest BCUT2D eigenvalue weighted by Crippen LogP contribution is 2.23. The number of rotatable bonds is 3. The van der Waals surface area contributed by atoms with Gasteiger partial charge in [0.05, 0.1) is 23.0 Å². The van der Waals surface area contributed by atoms with Crippen molar-refractivity contribution in [3.05, 3.63) is 36.7 Å². The number of benzene rings is 1. The summed E-state index contributed by atoms with van der Waals surface area (Å²) in [4.78, 5) is 11.5. The van der Waals surface area contributed by atoms with E-state index in [0.717, 1.165) is 30.2 Å². The fraction of sp³-hybridized carbons (Fsp3) is 0.375. The molecule has 1 fully saturated rings. The molecule has 0 saturated carbocycles. The molecule has 5 nitrogen and oxygen atoms in total. The second-order valence-electron chi connectivity index (χ2n) is 5.61. The SMILES string of the molecule is CS(=O)(=O)c1ccc(-c2cncc(N3CCCCC3)n2)cc1. The first-order chi connectivity index (χ1) is 10.5. The van der Waals surface area contributed by atoms with E-state index in [1.165, 1.54) is 25.5 Å². The summed E-state index contributed by atoms with van der Waals surface area (Å²) in [6.07, 6.45) is 8.36. The van der Waals surface area contributed by atoms with Gasteiger partial charge >= 0.3 is 0 Å². The number of piperidine rings is 1. The van der Waals surface area contributed by atoms with E-state index in [4.69, 9.17) is 0 Å². The molecule has 0 amide bonds. The van der Waals surface area contributed by atoms with E-state index in [1.54, 1.807) is 36.7 Å². The van der Waals surface area contributed by atoms with Gasteiger partial charge in [-0.2, -0.15) is 0 Å². The van der Waals surface area contributed by atoms with Crippen molar-refractivity contribution >= 4 is 15.7 Å². The van der Waals surface area contributed by atoms with Crippen LogP contribution in [-0.2, 0) is 9.84 Å². The van der Waals surface area contributed by atoms with Crippen molar-refractivity contribution in [3.63, 3.8) is 0 Å². The predicted octanol–water partition coefficient (Wildman–Crippen LogP) is 2.54. The van der Waals surface area contributed by atoms with Crippen LogP contribution >= 0.6 is 0 Å². The zero-order valence-electron chi connectivity index (χ0n) is 12.6. The van der Waals surface area contributed by atoms with Crippen molar-refractivity contribution in [1.82, 2.24) is 9.97 Å². The molecule has 0 aliphatic carbocycles. The van der Waals surface area contributed by atoms with Crippen LogP contribution in [0.5, 0.6) is 0 Å². The highest BCUT2D eigenvalue weighted by atomic mass is 32.2. The summed E-state index contributed by atoms with van der Waals surface area (Å²) in [5.74, 6) is 0.893. The lowest BCUT2D eigenvalue weighted by atomic mass is 10.1. The molecular formula is C16H19N3O2S. The summed E-state index contributed by atoms with van der Waals surface area (Å²) < 4.78 is 23.0. The van der Waals surface area contributed by atoms with E-state index in [-0.39, 0.29) is 0 Å². The third kappa shape index (κ3) is 3.27. The molecule has 1 aliphatic heterocycles. The zero-order valence-corrected chi connectivity index (χ0v) is 13.4. The van der Waals surface area contributed by atoms with Gasteiger partial charge in [-0.15, -0.1) is 0 Å². The van der Waals surface area contributed by atoms with Gasteiger partial charge in [-0.1, -0.05) is 12.1 Å². The maximum absolute atomic E-state index is 11.5. The number of hydrogen-bond acceptors (Lipinski definition) is 5. The van der Waals surface area contributed by atoms with Gasteiger partial charge in [0.25, 0.3) is 0 Å². The minimum atomic E-state index is -3.17. The van der Waals surface area contributed by atoms with Crippen molar-refractivity contribution < 1.29 is 8.42 Å². The molecule has 1 saturated heterocycles. The Morgan fingerprint density at radius 3 is 2.32 bits per heavy atom. The van der Waals surface area contributed by atoms with Crippen LogP contribution in [0.3, 0.4) is 0 Å². The molecule has 2 aromatic rings. The fourth-order valence-electron chi connectivity index (χ4n) is 2.64. The maximum atomic E-state index is 11.5. The monoisotopic (exact) mass is 317 g/mol. The van der Waals surface area contributed by atoms with Gasteiger partial charge < -0.3 is 4.90 Å². The maximum Gasteiger partial charge on any atom is 0.175 e. The summed E-state index contributed by atoms with van der Waals surface area (Å²) in [6.45, 7) is 2.04. The van der Waals surface area contributed by atoms with Crippen LogP contribution in [0.4, 0.5) is 5.82 Å². The second-order valence-corrected chi connectivity index (χ2v) is 7.62. The van der Waals surface area contributed by atoms with Crippen LogP contribution in [-0.4, -0.2) is 37.7 Å². The van der Waals surface area contributed by atoms with Gasteiger partial charge in [-0.05, 0) is 31.4 Å². The minimum absolute atomic E-state index is 0.316. The molecule has 1 aromatic carbocycles. The van der Waals surface area contributed by atoms with Crippen LogP contribution in [0.25, 0.3) is 11.3 Å². The summed E-state index contributed by atoms with van der Waals surface area (Å²) in [5.41, 5.74) is 1.64. The Morgan fingerprint density at radius 1 is 1.00 bits per heavy atom. The molecular weight excluding hydrogens is 298 g/mol. The van der Waals surface area contributed by atoms with E-state index >= 15 is 0 Å². The van der Waals surface area contributed by atoms with Crippen LogP contribution in [0.2, 0.25) is 0 Å². The Bertz CT molecular complexity index is 751. The zero-order chi connectivity index (χ0) is 15.6. The van der Waals surface area contributed by atoms with Crippen molar-refractivity contribution in [2.45, 2.75) is 24.2 Å². The molecule has 1 aromatic heterocycles. The minimum Gasteiger partial charge on any atom is -0.355 e. The lowest BCUT2D eigenvalue weighted by Gasteiger charge is -2.27. The molecule has 0 atom stereocenters. The first-order valence-corrected chi connectivity index (χ1v) is 9.31. The molecule has 116 valence electrons. The molecule has 2 heterocycles. The molecule has 6 heteroatoms. The van der Waals surface area contributed by atoms with Gasteiger partial charge in [0.15, 0.2) is 9.84 Å². The number of aromatic nitrogens is 2. The highest BCUT2D eigenvalue weighted by molar-refractivity contribution is 7.90. The van der Waals surface area contributed by atoms with Gasteiger partial charge in [0.2, 0.25) is 0 Å². The fourth-order valence-corrected chi connectivity index (χ4v) is 3.27. The summed E-state index contributed by atoms with van der Waals surface area (Å²) >= 11 is 0. The van der Waals surface area contributed by atoms with E-state index in [9.17, 15) is 8.42 Å². The average molecular weight is 317 g/mol. The first kappa shape index (κ1) is 15.0. The van der Waals surface area contributed by atoms with Crippen molar-refractivity contribution in [3.8, 4) is 11.3 Å². The molecule has 1 aliphatic rings. The van der Waals surface area contributed by atoms with E-state index in [1.807, 2.05) is 0 Å². The summed E-state index contributed by atoms with van der Waals surface area (Å²) in [7, 11) is -3.17. The molecule has 0 spiro atoms. The van der Waals surface area contributed by atoms with Crippen LogP contribution in [0.1, 0.15) is 19.3 Å². The number of hydrogen-bond donors (Lipinski definition) is 0. The average Bonchev–Trinajstić information content (AvgIpc) is 2.55. The Kier molecular flexibility index (Phi) is 4.11. The van der Waals surface area contributed by atoms with Crippen molar-refractivity contribution in [2.75, 3.05) is 24.2 Å². The van der Waals surface area contributed by atoms with Crippen molar-refractivity contribution in [2.24, 2.45) is 0 Å². The molecule has 0 bridgehead atoms. The predicted molar refractivity (Wildman–Crippen MR) is 86.6 cm³/mol. The molecule has 0 unspecified atom stereocenters. The molecule has 3 rings (SSSR count). The van der Waals surface area contributed by atoms with Crippen LogP contribution in [0, 0.1) is 0 Å². The summed E-state index contributed by atoms with van der Waals surface area (Å²) in [5, 5.41) is 0. The van der Waals surface area contributed by atoms with Gasteiger partial charge in [0, 0.05) is 24.9 Å². The van der Waals surface area contributed by atoms with Gasteiger partial charge in [0.1, 0.15) is 5.82 Å². The number of nitrogens with zero attached hydrogens (tertiary/aromatic N) is 3. The third-order valence-corrected chi connectivity index (χ3v) is 5.01.